The summed E-state index contributed by atoms with van der Waals surface area (Å²) < 4.78 is 0. The van der Waals surface area contributed by atoms with Gasteiger partial charge in [-0.25, -0.2) is 4.79 Å². The number of nitrogens with one attached hydrogen (secondary N) is 6. The number of carbonyl (C=O) groups excluding carboxylic acids is 9. The molecule has 0 unspecified atom stereocenters. The van der Waals surface area contributed by atoms with Gasteiger partial charge < -0.3 is 90.6 Å². The number of rotatable bonds is 31. The summed E-state index contributed by atoms with van der Waals surface area (Å²) in [5, 5.41) is 46.1. The van der Waals surface area contributed by atoms with Crippen molar-refractivity contribution in [3.05, 3.63) is 102 Å². The quantitative estimate of drug-likeness (QED) is 0.0168. The largest absolute Gasteiger partial charge is 0.508 e. The highest BCUT2D eigenvalue weighted by atomic mass is 16.4. The molecule has 0 saturated carbocycles. The molecule has 9 atom stereocenters. The van der Waals surface area contributed by atoms with E-state index >= 15 is 0 Å². The van der Waals surface area contributed by atoms with Gasteiger partial charge in [-0.15, -0.1) is 0 Å². The molecule has 0 bridgehead atoms. The topological polar surface area (TPSA) is 468 Å². The maximum atomic E-state index is 14.4. The van der Waals surface area contributed by atoms with Gasteiger partial charge in [-0.05, 0) is 93.0 Å². The fraction of sp³-hybridized carbons (Fsp3) is 0.492. The van der Waals surface area contributed by atoms with Gasteiger partial charge in [0.1, 0.15) is 54.1 Å². The third-order valence-corrected chi connectivity index (χ3v) is 15.4. The number of hydrogen-bond donors (Lipinski definition) is 14. The summed E-state index contributed by atoms with van der Waals surface area (Å²) in [4.78, 5) is 150. The number of aliphatic imine (C=N–C) groups is 2. The molecule has 3 heterocycles. The lowest BCUT2D eigenvalue weighted by molar-refractivity contribution is -0.147. The van der Waals surface area contributed by atoms with Crippen LogP contribution in [0.1, 0.15) is 80.9 Å². The summed E-state index contributed by atoms with van der Waals surface area (Å²) in [7, 11) is 0. The van der Waals surface area contributed by atoms with Crippen LogP contribution in [0.15, 0.2) is 94.9 Å². The minimum Gasteiger partial charge on any atom is -0.508 e. The first-order valence-corrected chi connectivity index (χ1v) is 29.4. The first-order chi connectivity index (χ1) is 42.1. The number of aromatic hydroxyl groups is 1. The normalized spacial score (nSPS) is 18.2. The molecule has 9 amide bonds. The molecule has 3 saturated heterocycles. The second-order valence-corrected chi connectivity index (χ2v) is 21.9. The average molecular weight is 1220 g/mol. The molecule has 3 aromatic rings. The molecule has 3 aliphatic rings. The number of nitrogens with zero attached hydrogens (tertiary/aromatic N) is 5. The molecule has 29 heteroatoms. The van der Waals surface area contributed by atoms with Crippen molar-refractivity contribution in [1.82, 2.24) is 46.6 Å². The predicted octanol–water partition coefficient (Wildman–Crippen LogP) is -3.56. The van der Waals surface area contributed by atoms with Crippen molar-refractivity contribution in [1.29, 1.82) is 0 Å². The Bertz CT molecular complexity index is 2970. The van der Waals surface area contributed by atoms with Crippen molar-refractivity contribution in [2.24, 2.45) is 38.7 Å². The van der Waals surface area contributed by atoms with Gasteiger partial charge in [0, 0.05) is 52.0 Å². The average Bonchev–Trinajstić information content (AvgIpc) is 3.51. The lowest BCUT2D eigenvalue weighted by Gasteiger charge is -2.32. The summed E-state index contributed by atoms with van der Waals surface area (Å²) in [6, 6.07) is 11.8. The summed E-state index contributed by atoms with van der Waals surface area (Å²) in [6.07, 6.45) is 2.55. The van der Waals surface area contributed by atoms with Gasteiger partial charge in [0.2, 0.25) is 53.2 Å². The molecule has 3 aromatic carbocycles. The molecule has 88 heavy (non-hydrogen) atoms. The first-order valence-electron chi connectivity index (χ1n) is 29.4. The van der Waals surface area contributed by atoms with Crippen molar-refractivity contribution in [3.63, 3.8) is 0 Å². The van der Waals surface area contributed by atoms with Crippen LogP contribution in [0.5, 0.6) is 5.75 Å². The highest BCUT2D eigenvalue weighted by molar-refractivity contribution is 5.98. The second kappa shape index (κ2) is 33.5. The van der Waals surface area contributed by atoms with E-state index < -0.39 is 127 Å². The van der Waals surface area contributed by atoms with Gasteiger partial charge in [0.25, 0.3) is 0 Å². The van der Waals surface area contributed by atoms with Crippen LogP contribution in [0.3, 0.4) is 0 Å². The number of carboxylic acid groups (broad SMARTS) is 1. The molecule has 6 rings (SSSR count). The van der Waals surface area contributed by atoms with Crippen LogP contribution in [0.4, 0.5) is 0 Å². The highest BCUT2D eigenvalue weighted by Crippen LogP contribution is 2.26. The van der Waals surface area contributed by atoms with Gasteiger partial charge in [-0.1, -0.05) is 72.8 Å². The first kappa shape index (κ1) is 67.7. The van der Waals surface area contributed by atoms with E-state index in [1.54, 1.807) is 60.7 Å². The molecule has 29 nitrogen and oxygen atoms in total. The molecule has 0 spiro atoms. The van der Waals surface area contributed by atoms with Crippen molar-refractivity contribution in [2.75, 3.05) is 45.9 Å². The number of guanidine groups is 2. The predicted molar refractivity (Wildman–Crippen MR) is 321 cm³/mol. The Hall–Kier alpha value is -9.38. The molecule has 19 N–H and O–H groups in total. The lowest BCUT2D eigenvalue weighted by Crippen LogP contribution is -2.60. The van der Waals surface area contributed by atoms with Gasteiger partial charge in [0.15, 0.2) is 11.9 Å². The maximum absolute atomic E-state index is 14.4. The highest BCUT2D eigenvalue weighted by Gasteiger charge is 2.44. The zero-order chi connectivity index (χ0) is 63.9. The van der Waals surface area contributed by atoms with Crippen molar-refractivity contribution < 1.29 is 63.3 Å². The standard InChI is InChI=1S/C59H82N16O13/c60-39(16-7-25-65-58(61)62)54(84)75-29-11-20-47(75)56(86)74-28-9-18-45(74)52(82)67-33-48(78)68-41(30-35-12-3-1-4-13-35)50(80)72-44(34-76)55(85)73-27-10-19-46(73)53(83)70-42(31-36-14-5-2-6-15-36)51(81)69-40(17-8-26-66-59(63)64)49(79)71-43(57(87)88)32-37-21-23-38(77)24-22-37/h1-6,12-15,21-24,39-47,76-77H,7-11,16-20,25-34,60H2,(H,67,82)(H,68,78)(H,69,81)(H,70,83)(H,71,79)(H,72,80)(H,87,88)(H4,61,62,65)(H4,63,64,66)/t39-,40-,41-,42-,43-,44-,45-,46-,47-/m0/s1. The van der Waals surface area contributed by atoms with E-state index in [1.165, 1.54) is 39.0 Å². The Morgan fingerprint density at radius 2 is 0.977 bits per heavy atom. The second-order valence-electron chi connectivity index (χ2n) is 21.9. The van der Waals surface area contributed by atoms with Crippen LogP contribution < -0.4 is 60.6 Å². The third kappa shape index (κ3) is 20.1. The van der Waals surface area contributed by atoms with Crippen LogP contribution in [-0.4, -0.2) is 201 Å². The summed E-state index contributed by atoms with van der Waals surface area (Å²) >= 11 is 0. The molecule has 3 fully saturated rings. The van der Waals surface area contributed by atoms with E-state index in [-0.39, 0.29) is 95.2 Å². The number of likely N-dealkylation sites (tertiary alicyclic amines) is 3. The number of nitrogens with two attached hydrogens (primary N) is 5. The van der Waals surface area contributed by atoms with Crippen molar-refractivity contribution in [3.8, 4) is 5.75 Å². The van der Waals surface area contributed by atoms with Crippen molar-refractivity contribution >= 4 is 71.1 Å². The van der Waals surface area contributed by atoms with E-state index in [0.29, 0.717) is 55.3 Å². The van der Waals surface area contributed by atoms with E-state index in [0.717, 1.165) is 0 Å². The zero-order valence-electron chi connectivity index (χ0n) is 49.0. The van der Waals surface area contributed by atoms with E-state index in [2.05, 4.69) is 41.9 Å². The molecular weight excluding hydrogens is 1140 g/mol. The van der Waals surface area contributed by atoms with Gasteiger partial charge in [-0.3, -0.25) is 53.1 Å². The number of phenols is 1. The summed E-state index contributed by atoms with van der Waals surface area (Å²) in [6.45, 7) is -0.662. The van der Waals surface area contributed by atoms with Crippen LogP contribution in [-0.2, 0) is 67.2 Å². The van der Waals surface area contributed by atoms with E-state index in [4.69, 9.17) is 28.7 Å². The zero-order valence-corrected chi connectivity index (χ0v) is 49.0. The van der Waals surface area contributed by atoms with Crippen LogP contribution in [0.2, 0.25) is 0 Å². The van der Waals surface area contributed by atoms with Gasteiger partial charge in [0.05, 0.1) is 19.2 Å². The maximum Gasteiger partial charge on any atom is 0.326 e. The Kier molecular flexibility index (Phi) is 25.8. The smallest absolute Gasteiger partial charge is 0.326 e. The van der Waals surface area contributed by atoms with Gasteiger partial charge in [-0.2, -0.15) is 0 Å². The van der Waals surface area contributed by atoms with Crippen LogP contribution in [0, 0.1) is 0 Å². The van der Waals surface area contributed by atoms with E-state index in [9.17, 15) is 63.3 Å². The number of carbonyl (C=O) groups is 10. The molecule has 3 aliphatic heterocycles. The number of amides is 9. The van der Waals surface area contributed by atoms with Crippen LogP contribution >= 0.6 is 0 Å². The Balaban J connectivity index is 1.10. The minimum atomic E-state index is -1.63. The molecule has 0 aliphatic carbocycles. The number of hydrogen-bond acceptors (Lipinski definition) is 15. The third-order valence-electron chi connectivity index (χ3n) is 15.4. The number of aliphatic hydroxyl groups is 1. The number of aliphatic carboxylic acids is 1. The Morgan fingerprint density at radius 1 is 0.523 bits per heavy atom. The summed E-state index contributed by atoms with van der Waals surface area (Å²) in [5.74, 6) is -8.17. The molecular formula is C59H82N16O13. The number of phenolic OH excluding ortho intramolecular Hbond substituents is 1. The Morgan fingerprint density at radius 3 is 1.52 bits per heavy atom. The fourth-order valence-electron chi connectivity index (χ4n) is 10.9. The number of benzene rings is 3. The number of aliphatic hydroxyl groups excluding tert-OH is 1. The van der Waals surface area contributed by atoms with Crippen LogP contribution in [0.25, 0.3) is 0 Å². The molecule has 0 radical (unpaired) electrons. The van der Waals surface area contributed by atoms with Crippen molar-refractivity contribution in [2.45, 2.75) is 138 Å². The SMILES string of the molecule is NC(N)=NCCC[C@H](NC(=O)[C@H](Cc1ccccc1)NC(=O)[C@@H]1CCCN1C(=O)[C@H](CO)NC(=O)[C@H](Cc1ccccc1)NC(=O)CNC(=O)[C@@H]1CCCN1C(=O)[C@@H]1CCCN1C(=O)[C@@H](N)CCCN=C(N)N)C(=O)N[C@@H](Cc1ccc(O)cc1)C(=O)O. The van der Waals surface area contributed by atoms with Gasteiger partial charge >= 0.3 is 5.97 Å². The monoisotopic (exact) mass is 1220 g/mol. The fourth-order valence-corrected chi connectivity index (χ4v) is 10.9. The lowest BCUT2D eigenvalue weighted by atomic mass is 10.0. The number of carboxylic acids is 1. The minimum absolute atomic E-state index is 0.00759. The molecule has 476 valence electrons. The summed E-state index contributed by atoms with van der Waals surface area (Å²) in [5.41, 5.74) is 29.7. The Labute approximate surface area is 509 Å². The van der Waals surface area contributed by atoms with E-state index in [1.807, 2.05) is 0 Å². The molecule has 0 aromatic heterocycles.